The molecule has 0 aliphatic carbocycles. The molecule has 0 saturated carbocycles. The lowest BCUT2D eigenvalue weighted by atomic mass is 10.1. The van der Waals surface area contributed by atoms with Crippen LogP contribution in [0.5, 0.6) is 0 Å². The smallest absolute Gasteiger partial charge is 0.109 e. The lowest BCUT2D eigenvalue weighted by molar-refractivity contribution is 0.251. The fraction of sp³-hybridized carbons (Fsp3) is 0.769. The van der Waals surface area contributed by atoms with Crippen molar-refractivity contribution in [2.75, 3.05) is 26.2 Å². The van der Waals surface area contributed by atoms with Gasteiger partial charge in [0.25, 0.3) is 0 Å². The van der Waals surface area contributed by atoms with Crippen LogP contribution in [0.2, 0.25) is 0 Å². The third kappa shape index (κ3) is 3.50. The van der Waals surface area contributed by atoms with Gasteiger partial charge in [-0.3, -0.25) is 4.90 Å². The number of hydrogen-bond donors (Lipinski definition) is 1. The second-order valence-electron chi connectivity index (χ2n) is 4.90. The Labute approximate surface area is 108 Å². The number of nitrogens with zero attached hydrogens (tertiary/aromatic N) is 2. The van der Waals surface area contributed by atoms with E-state index in [1.165, 1.54) is 37.5 Å². The lowest BCUT2D eigenvalue weighted by Crippen LogP contribution is -2.28. The van der Waals surface area contributed by atoms with E-state index in [2.05, 4.69) is 34.4 Å². The van der Waals surface area contributed by atoms with E-state index < -0.39 is 0 Å². The van der Waals surface area contributed by atoms with Gasteiger partial charge in [0.15, 0.2) is 0 Å². The maximum absolute atomic E-state index is 4.42. The number of nitrogens with one attached hydrogen (secondary N) is 1. The van der Waals surface area contributed by atoms with Crippen molar-refractivity contribution in [1.82, 2.24) is 15.2 Å². The molecule has 1 aliphatic rings. The van der Waals surface area contributed by atoms with Gasteiger partial charge in [0.05, 0.1) is 6.04 Å². The number of aromatic nitrogens is 1. The molecule has 0 spiro atoms. The molecule has 2 rings (SSSR count). The van der Waals surface area contributed by atoms with Gasteiger partial charge in [-0.15, -0.1) is 11.3 Å². The van der Waals surface area contributed by atoms with Gasteiger partial charge < -0.3 is 5.32 Å². The minimum absolute atomic E-state index is 0.492. The van der Waals surface area contributed by atoms with Crippen molar-refractivity contribution in [3.8, 4) is 0 Å². The van der Waals surface area contributed by atoms with E-state index in [9.17, 15) is 0 Å². The van der Waals surface area contributed by atoms with Gasteiger partial charge in [0.1, 0.15) is 5.01 Å². The van der Waals surface area contributed by atoms with Crippen molar-refractivity contribution in [1.29, 1.82) is 0 Å². The summed E-state index contributed by atoms with van der Waals surface area (Å²) < 4.78 is 0. The molecule has 0 aromatic carbocycles. The molecule has 17 heavy (non-hydrogen) atoms. The van der Waals surface area contributed by atoms with Crippen molar-refractivity contribution in [3.05, 3.63) is 16.6 Å². The Bertz CT molecular complexity index is 312. The summed E-state index contributed by atoms with van der Waals surface area (Å²) >= 11 is 1.77. The summed E-state index contributed by atoms with van der Waals surface area (Å²) in [6.07, 6.45) is 4.46. The summed E-state index contributed by atoms with van der Waals surface area (Å²) in [5.74, 6) is 0.823. The van der Waals surface area contributed by atoms with E-state index in [-0.39, 0.29) is 0 Å². The standard InChI is InChI=1S/C13H23N3S/c1-3-5-14-9-12-4-7-16(10-12)11(2)13-15-6-8-17-13/h6,8,11-12,14H,3-5,7,9-10H2,1-2H3. The third-order valence-electron chi connectivity index (χ3n) is 3.53. The van der Waals surface area contributed by atoms with E-state index in [0.717, 1.165) is 12.5 Å². The van der Waals surface area contributed by atoms with Gasteiger partial charge in [-0.25, -0.2) is 4.98 Å². The molecule has 0 radical (unpaired) electrons. The number of thiazole rings is 1. The fourth-order valence-electron chi connectivity index (χ4n) is 2.46. The van der Waals surface area contributed by atoms with Gasteiger partial charge in [0, 0.05) is 18.1 Å². The van der Waals surface area contributed by atoms with E-state index in [1.54, 1.807) is 11.3 Å². The highest BCUT2D eigenvalue weighted by molar-refractivity contribution is 7.09. The highest BCUT2D eigenvalue weighted by Gasteiger charge is 2.27. The lowest BCUT2D eigenvalue weighted by Gasteiger charge is -2.22. The fourth-order valence-corrected chi connectivity index (χ4v) is 3.19. The Morgan fingerprint density at radius 2 is 2.53 bits per heavy atom. The van der Waals surface area contributed by atoms with Crippen LogP contribution < -0.4 is 5.32 Å². The van der Waals surface area contributed by atoms with Crippen LogP contribution in [0.1, 0.15) is 37.7 Å². The highest BCUT2D eigenvalue weighted by Crippen LogP contribution is 2.27. The molecular formula is C13H23N3S. The second-order valence-corrected chi connectivity index (χ2v) is 5.83. The molecule has 2 heterocycles. The molecule has 1 fully saturated rings. The molecule has 1 aliphatic heterocycles. The molecule has 1 aromatic rings. The Hall–Kier alpha value is -0.450. The maximum atomic E-state index is 4.42. The van der Waals surface area contributed by atoms with Crippen LogP contribution in [0.15, 0.2) is 11.6 Å². The Morgan fingerprint density at radius 1 is 1.65 bits per heavy atom. The first-order valence-corrected chi connectivity index (χ1v) is 7.53. The minimum Gasteiger partial charge on any atom is -0.316 e. The van der Waals surface area contributed by atoms with Crippen molar-refractivity contribution < 1.29 is 0 Å². The Balaban J connectivity index is 1.77. The molecule has 2 unspecified atom stereocenters. The largest absolute Gasteiger partial charge is 0.316 e. The molecule has 4 heteroatoms. The number of hydrogen-bond acceptors (Lipinski definition) is 4. The average Bonchev–Trinajstić information content (AvgIpc) is 3.00. The van der Waals surface area contributed by atoms with Gasteiger partial charge in [-0.1, -0.05) is 6.92 Å². The van der Waals surface area contributed by atoms with E-state index >= 15 is 0 Å². The SMILES string of the molecule is CCCNCC1CCN(C(C)c2nccs2)C1. The quantitative estimate of drug-likeness (QED) is 0.790. The van der Waals surface area contributed by atoms with Gasteiger partial charge >= 0.3 is 0 Å². The summed E-state index contributed by atoms with van der Waals surface area (Å²) in [5, 5.41) is 6.86. The van der Waals surface area contributed by atoms with Gasteiger partial charge in [-0.05, 0) is 45.3 Å². The zero-order valence-corrected chi connectivity index (χ0v) is 11.7. The van der Waals surface area contributed by atoms with Crippen LogP contribution in [-0.4, -0.2) is 36.1 Å². The van der Waals surface area contributed by atoms with Crippen LogP contribution in [0.25, 0.3) is 0 Å². The highest BCUT2D eigenvalue weighted by atomic mass is 32.1. The Kier molecular flexibility index (Phi) is 4.95. The van der Waals surface area contributed by atoms with Crippen LogP contribution >= 0.6 is 11.3 Å². The molecule has 2 atom stereocenters. The van der Waals surface area contributed by atoms with Crippen molar-refractivity contribution >= 4 is 11.3 Å². The third-order valence-corrected chi connectivity index (χ3v) is 4.48. The number of likely N-dealkylation sites (tertiary alicyclic amines) is 1. The predicted octanol–water partition coefficient (Wildman–Crippen LogP) is 2.53. The first-order valence-electron chi connectivity index (χ1n) is 6.65. The first kappa shape index (κ1) is 13.0. The van der Waals surface area contributed by atoms with Crippen molar-refractivity contribution in [2.45, 2.75) is 32.7 Å². The second kappa shape index (κ2) is 6.47. The predicted molar refractivity (Wildman–Crippen MR) is 73.4 cm³/mol. The minimum atomic E-state index is 0.492. The molecule has 3 nitrogen and oxygen atoms in total. The van der Waals surface area contributed by atoms with Gasteiger partial charge in [0.2, 0.25) is 0 Å². The zero-order valence-electron chi connectivity index (χ0n) is 10.9. The van der Waals surface area contributed by atoms with Gasteiger partial charge in [-0.2, -0.15) is 0 Å². The molecule has 1 saturated heterocycles. The van der Waals surface area contributed by atoms with Crippen LogP contribution in [0, 0.1) is 5.92 Å². The summed E-state index contributed by atoms with van der Waals surface area (Å²) in [5.41, 5.74) is 0. The molecule has 0 bridgehead atoms. The topological polar surface area (TPSA) is 28.2 Å². The summed E-state index contributed by atoms with van der Waals surface area (Å²) in [7, 11) is 0. The van der Waals surface area contributed by atoms with Crippen molar-refractivity contribution in [2.24, 2.45) is 5.92 Å². The van der Waals surface area contributed by atoms with E-state index in [1.807, 2.05) is 6.20 Å². The Morgan fingerprint density at radius 3 is 3.24 bits per heavy atom. The zero-order chi connectivity index (χ0) is 12.1. The van der Waals surface area contributed by atoms with E-state index in [0.29, 0.717) is 6.04 Å². The maximum Gasteiger partial charge on any atom is 0.109 e. The molecular weight excluding hydrogens is 230 g/mol. The van der Waals surface area contributed by atoms with Crippen LogP contribution in [-0.2, 0) is 0 Å². The first-order chi connectivity index (χ1) is 8.31. The normalized spacial score (nSPS) is 23.1. The van der Waals surface area contributed by atoms with E-state index in [4.69, 9.17) is 0 Å². The summed E-state index contributed by atoms with van der Waals surface area (Å²) in [6, 6.07) is 0.492. The molecule has 1 aromatic heterocycles. The number of rotatable bonds is 6. The monoisotopic (exact) mass is 253 g/mol. The summed E-state index contributed by atoms with van der Waals surface area (Å²) in [4.78, 5) is 6.99. The van der Waals surface area contributed by atoms with Crippen LogP contribution in [0.3, 0.4) is 0 Å². The van der Waals surface area contributed by atoms with Crippen molar-refractivity contribution in [3.63, 3.8) is 0 Å². The molecule has 1 N–H and O–H groups in total. The molecule has 0 amide bonds. The molecule has 96 valence electrons. The average molecular weight is 253 g/mol. The summed E-state index contributed by atoms with van der Waals surface area (Å²) in [6.45, 7) is 9.27. The van der Waals surface area contributed by atoms with Crippen LogP contribution in [0.4, 0.5) is 0 Å².